The minimum atomic E-state index is 0.469. The van der Waals surface area contributed by atoms with Crippen LogP contribution in [0.1, 0.15) is 25.3 Å². The zero-order chi connectivity index (χ0) is 9.26. The van der Waals surface area contributed by atoms with Gasteiger partial charge in [0.15, 0.2) is 0 Å². The highest BCUT2D eigenvalue weighted by Crippen LogP contribution is 2.30. The molecule has 0 saturated heterocycles. The molecule has 1 aliphatic carbocycles. The summed E-state index contributed by atoms with van der Waals surface area (Å²) < 4.78 is 5.80. The van der Waals surface area contributed by atoms with Crippen molar-refractivity contribution in [2.24, 2.45) is 5.92 Å². The Morgan fingerprint density at radius 2 is 2.08 bits per heavy atom. The standard InChI is InChI=1S/C12H16O/c1-9-4-3-5-11(6-9)13-12-7-10(2)8-12/h3-6,10,12H,7-8H2,1-2H3. The Balaban J connectivity index is 1.94. The maximum absolute atomic E-state index is 5.80. The van der Waals surface area contributed by atoms with E-state index in [2.05, 4.69) is 26.0 Å². The van der Waals surface area contributed by atoms with E-state index >= 15 is 0 Å². The second-order valence-electron chi connectivity index (χ2n) is 4.13. The fraction of sp³-hybridized carbons (Fsp3) is 0.500. The molecule has 0 N–H and O–H groups in total. The molecule has 1 heteroatoms. The van der Waals surface area contributed by atoms with Gasteiger partial charge in [-0.05, 0) is 43.4 Å². The summed E-state index contributed by atoms with van der Waals surface area (Å²) in [6, 6.07) is 8.28. The molecule has 0 unspecified atom stereocenters. The maximum Gasteiger partial charge on any atom is 0.119 e. The van der Waals surface area contributed by atoms with Gasteiger partial charge >= 0.3 is 0 Å². The second kappa shape index (κ2) is 3.41. The van der Waals surface area contributed by atoms with Crippen LogP contribution in [0.15, 0.2) is 24.3 Å². The Morgan fingerprint density at radius 3 is 2.69 bits per heavy atom. The van der Waals surface area contributed by atoms with Crippen molar-refractivity contribution in [1.82, 2.24) is 0 Å². The van der Waals surface area contributed by atoms with Gasteiger partial charge in [-0.15, -0.1) is 0 Å². The third-order valence-electron chi connectivity index (χ3n) is 2.62. The zero-order valence-electron chi connectivity index (χ0n) is 8.29. The predicted molar refractivity (Wildman–Crippen MR) is 54.0 cm³/mol. The van der Waals surface area contributed by atoms with E-state index in [1.807, 2.05) is 12.1 Å². The Bertz CT molecular complexity index is 287. The lowest BCUT2D eigenvalue weighted by Crippen LogP contribution is -2.31. The normalized spacial score (nSPS) is 26.6. The van der Waals surface area contributed by atoms with Crippen molar-refractivity contribution in [1.29, 1.82) is 0 Å². The van der Waals surface area contributed by atoms with Crippen LogP contribution in [0.25, 0.3) is 0 Å². The van der Waals surface area contributed by atoms with E-state index in [0.29, 0.717) is 6.10 Å². The molecule has 1 fully saturated rings. The van der Waals surface area contributed by atoms with Crippen LogP contribution in [0.2, 0.25) is 0 Å². The summed E-state index contributed by atoms with van der Waals surface area (Å²) in [6.45, 7) is 4.37. The van der Waals surface area contributed by atoms with E-state index in [9.17, 15) is 0 Å². The smallest absolute Gasteiger partial charge is 0.119 e. The van der Waals surface area contributed by atoms with E-state index in [1.54, 1.807) is 0 Å². The first kappa shape index (κ1) is 8.61. The number of rotatable bonds is 2. The van der Waals surface area contributed by atoms with Gasteiger partial charge in [0.05, 0.1) is 6.10 Å². The van der Waals surface area contributed by atoms with Gasteiger partial charge in [-0.1, -0.05) is 19.1 Å². The largest absolute Gasteiger partial charge is 0.490 e. The van der Waals surface area contributed by atoms with Crippen molar-refractivity contribution in [3.63, 3.8) is 0 Å². The molecular weight excluding hydrogens is 160 g/mol. The van der Waals surface area contributed by atoms with Gasteiger partial charge in [0.2, 0.25) is 0 Å². The van der Waals surface area contributed by atoms with Gasteiger partial charge in [-0.3, -0.25) is 0 Å². The minimum absolute atomic E-state index is 0.469. The highest BCUT2D eigenvalue weighted by atomic mass is 16.5. The summed E-state index contributed by atoms with van der Waals surface area (Å²) in [5.41, 5.74) is 1.27. The van der Waals surface area contributed by atoms with Crippen LogP contribution in [0.3, 0.4) is 0 Å². The Kier molecular flexibility index (Phi) is 2.26. The van der Waals surface area contributed by atoms with Crippen molar-refractivity contribution >= 4 is 0 Å². The summed E-state index contributed by atoms with van der Waals surface area (Å²) in [5, 5.41) is 0. The van der Waals surface area contributed by atoms with Crippen molar-refractivity contribution in [2.45, 2.75) is 32.8 Å². The molecular formula is C12H16O. The molecule has 1 saturated carbocycles. The predicted octanol–water partition coefficient (Wildman–Crippen LogP) is 3.17. The number of hydrogen-bond donors (Lipinski definition) is 0. The molecule has 0 atom stereocenters. The van der Waals surface area contributed by atoms with E-state index in [-0.39, 0.29) is 0 Å². The number of aryl methyl sites for hydroxylation is 1. The molecule has 0 radical (unpaired) electrons. The first-order valence-corrected chi connectivity index (χ1v) is 4.97. The molecule has 0 bridgehead atoms. The summed E-state index contributed by atoms with van der Waals surface area (Å²) >= 11 is 0. The van der Waals surface area contributed by atoms with Gasteiger partial charge < -0.3 is 4.74 Å². The lowest BCUT2D eigenvalue weighted by atomic mass is 9.84. The summed E-state index contributed by atoms with van der Waals surface area (Å²) in [5.74, 6) is 1.88. The van der Waals surface area contributed by atoms with Crippen LogP contribution >= 0.6 is 0 Å². The van der Waals surface area contributed by atoms with E-state index in [1.165, 1.54) is 18.4 Å². The van der Waals surface area contributed by atoms with Gasteiger partial charge in [-0.2, -0.15) is 0 Å². The van der Waals surface area contributed by atoms with Crippen LogP contribution < -0.4 is 4.74 Å². The van der Waals surface area contributed by atoms with Gasteiger partial charge in [0.1, 0.15) is 5.75 Å². The van der Waals surface area contributed by atoms with E-state index < -0.39 is 0 Å². The molecule has 13 heavy (non-hydrogen) atoms. The van der Waals surface area contributed by atoms with Crippen LogP contribution in [0, 0.1) is 12.8 Å². The van der Waals surface area contributed by atoms with Crippen LogP contribution in [-0.2, 0) is 0 Å². The van der Waals surface area contributed by atoms with Crippen molar-refractivity contribution in [3.8, 4) is 5.75 Å². The molecule has 1 aliphatic rings. The van der Waals surface area contributed by atoms with Gasteiger partial charge in [0.25, 0.3) is 0 Å². The average Bonchev–Trinajstić information content (AvgIpc) is 2.01. The average molecular weight is 176 g/mol. The molecule has 0 amide bonds. The number of ether oxygens (including phenoxy) is 1. The fourth-order valence-electron chi connectivity index (χ4n) is 1.81. The van der Waals surface area contributed by atoms with Crippen LogP contribution in [0.5, 0.6) is 5.75 Å². The Labute approximate surface area is 79.7 Å². The Morgan fingerprint density at radius 1 is 1.31 bits per heavy atom. The van der Waals surface area contributed by atoms with Gasteiger partial charge in [0, 0.05) is 0 Å². The second-order valence-corrected chi connectivity index (χ2v) is 4.13. The topological polar surface area (TPSA) is 9.23 Å². The van der Waals surface area contributed by atoms with E-state index in [4.69, 9.17) is 4.74 Å². The number of benzene rings is 1. The SMILES string of the molecule is Cc1cccc(OC2CC(C)C2)c1. The van der Waals surface area contributed by atoms with Gasteiger partial charge in [-0.25, -0.2) is 0 Å². The quantitative estimate of drug-likeness (QED) is 0.672. The Hall–Kier alpha value is -0.980. The molecule has 0 heterocycles. The van der Waals surface area contributed by atoms with Crippen molar-refractivity contribution in [2.75, 3.05) is 0 Å². The third kappa shape index (κ3) is 2.03. The zero-order valence-corrected chi connectivity index (χ0v) is 8.29. The molecule has 0 spiro atoms. The molecule has 1 aromatic carbocycles. The van der Waals surface area contributed by atoms with Crippen LogP contribution in [-0.4, -0.2) is 6.10 Å². The molecule has 1 aromatic rings. The lowest BCUT2D eigenvalue weighted by Gasteiger charge is -2.32. The third-order valence-corrected chi connectivity index (χ3v) is 2.62. The summed E-state index contributed by atoms with van der Waals surface area (Å²) in [4.78, 5) is 0. The molecule has 2 rings (SSSR count). The monoisotopic (exact) mass is 176 g/mol. The molecule has 1 nitrogen and oxygen atoms in total. The summed E-state index contributed by atoms with van der Waals surface area (Å²) in [7, 11) is 0. The molecule has 0 aromatic heterocycles. The van der Waals surface area contributed by atoms with Crippen molar-refractivity contribution < 1.29 is 4.74 Å². The molecule has 70 valence electrons. The lowest BCUT2D eigenvalue weighted by molar-refractivity contribution is 0.0738. The first-order chi connectivity index (χ1) is 6.24. The summed E-state index contributed by atoms with van der Waals surface area (Å²) in [6.07, 6.45) is 2.90. The maximum atomic E-state index is 5.80. The van der Waals surface area contributed by atoms with Crippen LogP contribution in [0.4, 0.5) is 0 Å². The highest BCUT2D eigenvalue weighted by Gasteiger charge is 2.26. The first-order valence-electron chi connectivity index (χ1n) is 4.97. The number of hydrogen-bond acceptors (Lipinski definition) is 1. The fourth-order valence-corrected chi connectivity index (χ4v) is 1.81. The highest BCUT2D eigenvalue weighted by molar-refractivity contribution is 5.27. The van der Waals surface area contributed by atoms with E-state index in [0.717, 1.165) is 11.7 Å². The minimum Gasteiger partial charge on any atom is -0.490 e. The molecule has 0 aliphatic heterocycles. The van der Waals surface area contributed by atoms with Crippen molar-refractivity contribution in [3.05, 3.63) is 29.8 Å².